The Kier molecular flexibility index (Phi) is 4.30. The summed E-state index contributed by atoms with van der Waals surface area (Å²) in [5.41, 5.74) is 3.24. The smallest absolute Gasteiger partial charge is 0.356 e. The van der Waals surface area contributed by atoms with Gasteiger partial charge in [-0.25, -0.2) is 4.79 Å². The highest BCUT2D eigenvalue weighted by Gasteiger charge is 2.39. The first-order valence-electron chi connectivity index (χ1n) is 10.2. The van der Waals surface area contributed by atoms with E-state index < -0.39 is 5.63 Å². The quantitative estimate of drug-likeness (QED) is 0.683. The lowest BCUT2D eigenvalue weighted by Gasteiger charge is -2.41. The predicted molar refractivity (Wildman–Crippen MR) is 103 cm³/mol. The Morgan fingerprint density at radius 1 is 1.21 bits per heavy atom. The van der Waals surface area contributed by atoms with Crippen molar-refractivity contribution < 1.29 is 14.0 Å². The van der Waals surface area contributed by atoms with Gasteiger partial charge in [0.25, 0.3) is 18.6 Å². The number of benzene rings is 1. The van der Waals surface area contributed by atoms with Crippen LogP contribution >= 0.6 is 0 Å². The van der Waals surface area contributed by atoms with E-state index in [2.05, 4.69) is 34.5 Å². The van der Waals surface area contributed by atoms with Crippen LogP contribution in [0.2, 0.25) is 0 Å². The highest BCUT2D eigenvalue weighted by atomic mass is 16.5. The van der Waals surface area contributed by atoms with Crippen molar-refractivity contribution in [1.29, 1.82) is 0 Å². The van der Waals surface area contributed by atoms with Gasteiger partial charge in [0.15, 0.2) is 0 Å². The Morgan fingerprint density at radius 3 is 2.82 bits per heavy atom. The maximum Gasteiger partial charge on any atom is 0.426 e. The van der Waals surface area contributed by atoms with E-state index in [1.54, 1.807) is 0 Å². The third-order valence-electron chi connectivity index (χ3n) is 6.33. The zero-order chi connectivity index (χ0) is 19.1. The van der Waals surface area contributed by atoms with Crippen LogP contribution in [0.25, 0.3) is 10.9 Å². The van der Waals surface area contributed by atoms with E-state index in [4.69, 9.17) is 4.52 Å². The molecule has 3 aromatic rings. The molecule has 2 aliphatic rings. The summed E-state index contributed by atoms with van der Waals surface area (Å²) in [5.74, 6) is 0.486. The van der Waals surface area contributed by atoms with Gasteiger partial charge in [0.1, 0.15) is 0 Å². The lowest BCUT2D eigenvalue weighted by molar-refractivity contribution is -0.751. The standard InChI is InChI=1S/C21H24N4O3/c26-18(12-24-13-19(27)28-23-24)25-11-10-16-15-8-4-5-9-17(15)22-20(16)21(25)14-6-2-1-3-7-14/h4-5,8-9,13-14,21-22H,1-3,6-7,10-12H2/p+1. The SMILES string of the molecule is O=C(C[n+]1cc(=O)o[nH]1)N1CCc2c([nH]c3ccccc23)C1C1CCCCC1. The van der Waals surface area contributed by atoms with Crippen molar-refractivity contribution >= 4 is 16.8 Å². The summed E-state index contributed by atoms with van der Waals surface area (Å²) in [4.78, 5) is 30.1. The van der Waals surface area contributed by atoms with Crippen molar-refractivity contribution in [2.24, 2.45) is 5.92 Å². The molecule has 7 nitrogen and oxygen atoms in total. The molecule has 1 aliphatic heterocycles. The molecule has 1 amide bonds. The maximum absolute atomic E-state index is 13.2. The molecule has 0 saturated heterocycles. The second-order valence-corrected chi connectivity index (χ2v) is 8.01. The van der Waals surface area contributed by atoms with Crippen molar-refractivity contribution in [2.45, 2.75) is 51.1 Å². The normalized spacial score (nSPS) is 20.4. The first kappa shape index (κ1) is 17.3. The molecule has 2 N–H and O–H groups in total. The molecule has 0 radical (unpaired) electrons. The summed E-state index contributed by atoms with van der Waals surface area (Å²) in [6.45, 7) is 0.794. The van der Waals surface area contributed by atoms with Gasteiger partial charge in [-0.1, -0.05) is 42.1 Å². The molecule has 3 heterocycles. The minimum atomic E-state index is -0.479. The molecule has 1 saturated carbocycles. The second-order valence-electron chi connectivity index (χ2n) is 8.01. The molecule has 1 unspecified atom stereocenters. The maximum atomic E-state index is 13.2. The van der Waals surface area contributed by atoms with Crippen LogP contribution in [-0.2, 0) is 17.8 Å². The first-order chi connectivity index (χ1) is 13.7. The molecule has 0 bridgehead atoms. The zero-order valence-corrected chi connectivity index (χ0v) is 15.8. The summed E-state index contributed by atoms with van der Waals surface area (Å²) in [6.07, 6.45) is 8.17. The lowest BCUT2D eigenvalue weighted by atomic mass is 9.79. The number of aromatic amines is 2. The molecule has 5 rings (SSSR count). The Bertz CT molecular complexity index is 1060. The number of nitrogens with zero attached hydrogens (tertiary/aromatic N) is 2. The first-order valence-corrected chi connectivity index (χ1v) is 10.2. The van der Waals surface area contributed by atoms with E-state index in [-0.39, 0.29) is 18.5 Å². The van der Waals surface area contributed by atoms with Crippen LogP contribution in [0.1, 0.15) is 49.4 Å². The van der Waals surface area contributed by atoms with Gasteiger partial charge < -0.3 is 9.88 Å². The van der Waals surface area contributed by atoms with Gasteiger partial charge in [-0.3, -0.25) is 9.32 Å². The Morgan fingerprint density at radius 2 is 2.04 bits per heavy atom. The molecule has 1 aromatic carbocycles. The molecule has 0 spiro atoms. The fraction of sp³-hybridized carbons (Fsp3) is 0.476. The van der Waals surface area contributed by atoms with Crippen LogP contribution in [-0.4, -0.2) is 27.6 Å². The van der Waals surface area contributed by atoms with Gasteiger partial charge in [-0.05, 0) is 42.1 Å². The summed E-state index contributed by atoms with van der Waals surface area (Å²) >= 11 is 0. The number of hydrogen-bond donors (Lipinski definition) is 2. The van der Waals surface area contributed by atoms with E-state index in [9.17, 15) is 9.59 Å². The average Bonchev–Trinajstić information content (AvgIpc) is 3.30. The van der Waals surface area contributed by atoms with Gasteiger partial charge in [0.05, 0.1) is 6.04 Å². The fourth-order valence-electron chi connectivity index (χ4n) is 5.09. The van der Waals surface area contributed by atoms with Crippen molar-refractivity contribution in [1.82, 2.24) is 15.2 Å². The summed E-state index contributed by atoms with van der Waals surface area (Å²) in [5, 5.41) is 3.76. The number of carbonyl (C=O) groups is 1. The number of amides is 1. The molecule has 7 heteroatoms. The summed E-state index contributed by atoms with van der Waals surface area (Å²) in [7, 11) is 0. The third-order valence-corrected chi connectivity index (χ3v) is 6.33. The number of aromatic nitrogens is 3. The van der Waals surface area contributed by atoms with E-state index in [1.807, 2.05) is 4.90 Å². The van der Waals surface area contributed by atoms with Crippen LogP contribution in [0.5, 0.6) is 0 Å². The molecular weight excluding hydrogens is 356 g/mol. The topological polar surface area (TPSA) is 86.0 Å². The fourth-order valence-corrected chi connectivity index (χ4v) is 5.09. The van der Waals surface area contributed by atoms with Gasteiger partial charge in [0, 0.05) is 23.1 Å². The van der Waals surface area contributed by atoms with Gasteiger partial charge in [-0.15, -0.1) is 0 Å². The monoisotopic (exact) mass is 381 g/mol. The molecule has 1 fully saturated rings. The summed E-state index contributed by atoms with van der Waals surface area (Å²) in [6, 6.07) is 8.49. The molecule has 2 aromatic heterocycles. The van der Waals surface area contributed by atoms with Crippen LogP contribution in [0, 0.1) is 5.92 Å². The number of fused-ring (bicyclic) bond motifs is 3. The molecule has 28 heavy (non-hydrogen) atoms. The van der Waals surface area contributed by atoms with E-state index >= 15 is 0 Å². The van der Waals surface area contributed by atoms with Crippen molar-refractivity contribution in [3.63, 3.8) is 0 Å². The highest BCUT2D eigenvalue weighted by Crippen LogP contribution is 2.43. The Hall–Kier alpha value is -2.83. The van der Waals surface area contributed by atoms with Gasteiger partial charge in [0.2, 0.25) is 0 Å². The number of H-pyrrole nitrogens is 2. The number of carbonyl (C=O) groups excluding carboxylic acids is 1. The number of nitrogens with one attached hydrogen (secondary N) is 2. The molecule has 146 valence electrons. The highest BCUT2D eigenvalue weighted by molar-refractivity contribution is 5.86. The molecule has 1 aliphatic carbocycles. The third kappa shape index (κ3) is 2.95. The minimum absolute atomic E-state index is 0.0157. The van der Waals surface area contributed by atoms with E-state index in [1.165, 1.54) is 46.8 Å². The van der Waals surface area contributed by atoms with E-state index in [0.29, 0.717) is 12.5 Å². The zero-order valence-electron chi connectivity index (χ0n) is 15.8. The van der Waals surface area contributed by atoms with Gasteiger partial charge >= 0.3 is 5.63 Å². The second kappa shape index (κ2) is 6.96. The van der Waals surface area contributed by atoms with Crippen LogP contribution in [0.4, 0.5) is 0 Å². The van der Waals surface area contributed by atoms with Crippen LogP contribution in [0.3, 0.4) is 0 Å². The predicted octanol–water partition coefficient (Wildman–Crippen LogP) is 2.44. The molecular formula is C21H25N4O3+. The van der Waals surface area contributed by atoms with Crippen LogP contribution < -0.4 is 10.3 Å². The van der Waals surface area contributed by atoms with Gasteiger partial charge in [-0.2, -0.15) is 0 Å². The average molecular weight is 381 g/mol. The van der Waals surface area contributed by atoms with Crippen LogP contribution in [0.15, 0.2) is 39.8 Å². The lowest BCUT2D eigenvalue weighted by Crippen LogP contribution is -2.50. The molecule has 1 atom stereocenters. The van der Waals surface area contributed by atoms with Crippen molar-refractivity contribution in [3.8, 4) is 0 Å². The number of rotatable bonds is 3. The van der Waals surface area contributed by atoms with E-state index in [0.717, 1.165) is 24.8 Å². The Balaban J connectivity index is 1.52. The minimum Gasteiger partial charge on any atom is -0.356 e. The van der Waals surface area contributed by atoms with Crippen molar-refractivity contribution in [2.75, 3.05) is 6.54 Å². The largest absolute Gasteiger partial charge is 0.426 e. The Labute approximate surface area is 162 Å². The summed E-state index contributed by atoms with van der Waals surface area (Å²) < 4.78 is 6.12. The number of para-hydroxylation sites is 1. The van der Waals surface area contributed by atoms with Crippen molar-refractivity contribution in [3.05, 3.63) is 52.1 Å². The number of hydrogen-bond acceptors (Lipinski definition) is 3.